The number of nitrogens with one attached hydrogen (secondary N) is 2. The number of rotatable bonds is 3. The number of hydrogen-bond acceptors (Lipinski definition) is 2. The summed E-state index contributed by atoms with van der Waals surface area (Å²) >= 11 is 0. The van der Waals surface area contributed by atoms with Crippen molar-refractivity contribution in [2.75, 3.05) is 0 Å². The van der Waals surface area contributed by atoms with Gasteiger partial charge in [-0.2, -0.15) is 0 Å². The molecule has 0 aliphatic carbocycles. The maximum absolute atomic E-state index is 12.2. The highest BCUT2D eigenvalue weighted by atomic mass is 16.1. The van der Waals surface area contributed by atoms with Gasteiger partial charge in [-0.3, -0.25) is 4.79 Å². The van der Waals surface area contributed by atoms with Gasteiger partial charge in [-0.05, 0) is 43.2 Å². The normalized spacial score (nSPS) is 10.8. The fourth-order valence-corrected chi connectivity index (χ4v) is 2.40. The Morgan fingerprint density at radius 3 is 2.86 bits per heavy atom. The third-order valence-electron chi connectivity index (χ3n) is 3.62. The molecular formula is C17H17N3O. The molecule has 4 nitrogen and oxygen atoms in total. The van der Waals surface area contributed by atoms with E-state index in [0.717, 1.165) is 16.6 Å². The number of hydrogen-bond donors (Lipinski definition) is 2. The van der Waals surface area contributed by atoms with Crippen molar-refractivity contribution in [3.63, 3.8) is 0 Å². The van der Waals surface area contributed by atoms with Crippen molar-refractivity contribution in [1.82, 2.24) is 15.3 Å². The molecule has 1 amide bonds. The molecule has 3 rings (SSSR count). The minimum atomic E-state index is -0.0773. The summed E-state index contributed by atoms with van der Waals surface area (Å²) in [6.07, 6.45) is 1.63. The first-order chi connectivity index (χ1) is 10.1. The Bertz CT molecular complexity index is 805. The molecule has 3 aromatic rings. The molecule has 0 aliphatic rings. The molecule has 0 aliphatic heterocycles. The molecule has 0 saturated carbocycles. The number of H-pyrrole nitrogens is 1. The van der Waals surface area contributed by atoms with Crippen molar-refractivity contribution in [3.05, 3.63) is 65.0 Å². The summed E-state index contributed by atoms with van der Waals surface area (Å²) in [5.74, 6) is -0.0773. The van der Waals surface area contributed by atoms with E-state index >= 15 is 0 Å². The lowest BCUT2D eigenvalue weighted by Gasteiger charge is -2.09. The smallest absolute Gasteiger partial charge is 0.251 e. The van der Waals surface area contributed by atoms with Crippen LogP contribution in [-0.4, -0.2) is 15.9 Å². The number of aryl methyl sites for hydroxylation is 2. The molecule has 106 valence electrons. The molecule has 0 radical (unpaired) electrons. The Labute approximate surface area is 123 Å². The van der Waals surface area contributed by atoms with Crippen LogP contribution in [0.15, 0.2) is 42.7 Å². The molecule has 4 heteroatoms. The van der Waals surface area contributed by atoms with E-state index in [1.54, 1.807) is 12.4 Å². The topological polar surface area (TPSA) is 57.8 Å². The van der Waals surface area contributed by atoms with Gasteiger partial charge < -0.3 is 10.3 Å². The Balaban J connectivity index is 1.73. The van der Waals surface area contributed by atoms with E-state index in [9.17, 15) is 4.79 Å². The summed E-state index contributed by atoms with van der Waals surface area (Å²) in [5.41, 5.74) is 5.93. The average Bonchev–Trinajstić information content (AvgIpc) is 2.93. The van der Waals surface area contributed by atoms with Crippen LogP contribution in [0.1, 0.15) is 27.0 Å². The van der Waals surface area contributed by atoms with Crippen molar-refractivity contribution in [3.8, 4) is 0 Å². The van der Waals surface area contributed by atoms with Gasteiger partial charge in [0.05, 0.1) is 17.4 Å². The number of benzene rings is 2. The number of carbonyl (C=O) groups is 1. The highest BCUT2D eigenvalue weighted by Gasteiger charge is 2.08. The summed E-state index contributed by atoms with van der Waals surface area (Å²) in [4.78, 5) is 19.4. The molecule has 0 saturated heterocycles. The quantitative estimate of drug-likeness (QED) is 0.774. The minimum Gasteiger partial charge on any atom is -0.348 e. The van der Waals surface area contributed by atoms with Crippen LogP contribution in [0, 0.1) is 13.8 Å². The lowest BCUT2D eigenvalue weighted by Crippen LogP contribution is -2.23. The SMILES string of the molecule is Cc1ccc(CNC(=O)c2ccc3nc[nH]c3c2)c(C)c1. The second kappa shape index (κ2) is 5.40. The number of aromatic nitrogens is 2. The largest absolute Gasteiger partial charge is 0.348 e. The van der Waals surface area contributed by atoms with Crippen molar-refractivity contribution < 1.29 is 4.79 Å². The highest BCUT2D eigenvalue weighted by Crippen LogP contribution is 2.13. The number of nitrogens with zero attached hydrogens (tertiary/aromatic N) is 1. The zero-order chi connectivity index (χ0) is 14.8. The number of aromatic amines is 1. The summed E-state index contributed by atoms with van der Waals surface area (Å²) in [5, 5.41) is 2.96. The predicted molar refractivity (Wildman–Crippen MR) is 83.2 cm³/mol. The molecule has 0 spiro atoms. The maximum atomic E-state index is 12.2. The summed E-state index contributed by atoms with van der Waals surface area (Å²) in [6, 6.07) is 11.7. The maximum Gasteiger partial charge on any atom is 0.251 e. The zero-order valence-corrected chi connectivity index (χ0v) is 12.1. The third-order valence-corrected chi connectivity index (χ3v) is 3.62. The first kappa shape index (κ1) is 13.4. The molecule has 2 aromatic carbocycles. The average molecular weight is 279 g/mol. The van der Waals surface area contributed by atoms with Crippen molar-refractivity contribution in [2.24, 2.45) is 0 Å². The Morgan fingerprint density at radius 1 is 1.19 bits per heavy atom. The van der Waals surface area contributed by atoms with Crippen molar-refractivity contribution in [2.45, 2.75) is 20.4 Å². The monoisotopic (exact) mass is 279 g/mol. The van der Waals surface area contributed by atoms with Crippen molar-refractivity contribution in [1.29, 1.82) is 0 Å². The molecule has 0 atom stereocenters. The van der Waals surface area contributed by atoms with Gasteiger partial charge in [0, 0.05) is 12.1 Å². The first-order valence-electron chi connectivity index (χ1n) is 6.91. The van der Waals surface area contributed by atoms with Gasteiger partial charge in [-0.1, -0.05) is 23.8 Å². The van der Waals surface area contributed by atoms with Gasteiger partial charge in [-0.15, -0.1) is 0 Å². The van der Waals surface area contributed by atoms with Crippen LogP contribution < -0.4 is 5.32 Å². The Kier molecular flexibility index (Phi) is 3.44. The minimum absolute atomic E-state index is 0.0773. The second-order valence-electron chi connectivity index (χ2n) is 5.25. The lowest BCUT2D eigenvalue weighted by atomic mass is 10.1. The molecule has 1 aromatic heterocycles. The number of carbonyl (C=O) groups excluding carboxylic acids is 1. The van der Waals surface area contributed by atoms with E-state index in [2.05, 4.69) is 47.3 Å². The molecule has 0 fully saturated rings. The van der Waals surface area contributed by atoms with Crippen molar-refractivity contribution >= 4 is 16.9 Å². The van der Waals surface area contributed by atoms with E-state index in [4.69, 9.17) is 0 Å². The Hall–Kier alpha value is -2.62. The summed E-state index contributed by atoms with van der Waals surface area (Å²) in [7, 11) is 0. The first-order valence-corrected chi connectivity index (χ1v) is 6.91. The summed E-state index contributed by atoms with van der Waals surface area (Å²) < 4.78 is 0. The van der Waals surface area contributed by atoms with Gasteiger partial charge in [0.15, 0.2) is 0 Å². The van der Waals surface area contributed by atoms with Crippen LogP contribution in [0.3, 0.4) is 0 Å². The summed E-state index contributed by atoms with van der Waals surface area (Å²) in [6.45, 7) is 4.66. The van der Waals surface area contributed by atoms with E-state index in [1.807, 2.05) is 12.1 Å². The van der Waals surface area contributed by atoms with Gasteiger partial charge in [0.25, 0.3) is 5.91 Å². The predicted octanol–water partition coefficient (Wildman–Crippen LogP) is 3.11. The fraction of sp³-hybridized carbons (Fsp3) is 0.176. The van der Waals surface area contributed by atoms with Crippen LogP contribution in [0.25, 0.3) is 11.0 Å². The lowest BCUT2D eigenvalue weighted by molar-refractivity contribution is 0.0951. The van der Waals surface area contributed by atoms with Crippen LogP contribution in [0.5, 0.6) is 0 Å². The van der Waals surface area contributed by atoms with Crippen LogP contribution in [-0.2, 0) is 6.54 Å². The number of imidazole rings is 1. The van der Waals surface area contributed by atoms with E-state index in [-0.39, 0.29) is 5.91 Å². The molecule has 0 unspecified atom stereocenters. The number of amides is 1. The molecule has 2 N–H and O–H groups in total. The molecule has 21 heavy (non-hydrogen) atoms. The second-order valence-corrected chi connectivity index (χ2v) is 5.25. The molecular weight excluding hydrogens is 262 g/mol. The van der Waals surface area contributed by atoms with E-state index in [0.29, 0.717) is 12.1 Å². The van der Waals surface area contributed by atoms with Gasteiger partial charge in [0.1, 0.15) is 0 Å². The zero-order valence-electron chi connectivity index (χ0n) is 12.1. The van der Waals surface area contributed by atoms with Crippen LogP contribution in [0.2, 0.25) is 0 Å². The van der Waals surface area contributed by atoms with E-state index in [1.165, 1.54) is 11.1 Å². The van der Waals surface area contributed by atoms with Gasteiger partial charge >= 0.3 is 0 Å². The van der Waals surface area contributed by atoms with Gasteiger partial charge in [0.2, 0.25) is 0 Å². The Morgan fingerprint density at radius 2 is 2.05 bits per heavy atom. The molecule has 1 heterocycles. The standard InChI is InChI=1S/C17H17N3O/c1-11-3-4-14(12(2)7-11)9-18-17(21)13-5-6-15-16(8-13)20-10-19-15/h3-8,10H,9H2,1-2H3,(H,18,21)(H,19,20). The number of fused-ring (bicyclic) bond motifs is 1. The van der Waals surface area contributed by atoms with Gasteiger partial charge in [-0.25, -0.2) is 4.98 Å². The molecule has 0 bridgehead atoms. The van der Waals surface area contributed by atoms with E-state index < -0.39 is 0 Å². The highest BCUT2D eigenvalue weighted by molar-refractivity contribution is 5.97. The fourth-order valence-electron chi connectivity index (χ4n) is 2.40. The van der Waals surface area contributed by atoms with Crippen LogP contribution in [0.4, 0.5) is 0 Å². The third kappa shape index (κ3) is 2.79. The van der Waals surface area contributed by atoms with Crippen LogP contribution >= 0.6 is 0 Å².